The standard InChI is InChI=1S/C24H27N5O4/c1-5-29-16(3)20(15(2)28-29)13-25-24(26-18-7-6-8-19(12-18)31-4)27-23(30)17-9-10-21-22(11-17)33-14-32-21/h6-12H,5,13-14H2,1-4H3,(H2,25,26,27,30). The SMILES string of the molecule is CCn1nc(C)c(CN=C(NC(=O)c2ccc3c(c2)OCO3)Nc2cccc(OC)c2)c1C. The van der Waals surface area contributed by atoms with Gasteiger partial charge in [-0.1, -0.05) is 6.07 Å². The van der Waals surface area contributed by atoms with Crippen LogP contribution in [0, 0.1) is 13.8 Å². The van der Waals surface area contributed by atoms with E-state index in [0.29, 0.717) is 35.3 Å². The van der Waals surface area contributed by atoms with Gasteiger partial charge in [-0.3, -0.25) is 14.8 Å². The minimum Gasteiger partial charge on any atom is -0.497 e. The van der Waals surface area contributed by atoms with Crippen LogP contribution in [0.2, 0.25) is 0 Å². The van der Waals surface area contributed by atoms with E-state index in [1.165, 1.54) is 0 Å². The lowest BCUT2D eigenvalue weighted by atomic mass is 10.2. The summed E-state index contributed by atoms with van der Waals surface area (Å²) in [6.45, 7) is 7.33. The molecule has 0 fully saturated rings. The van der Waals surface area contributed by atoms with E-state index in [1.54, 1.807) is 25.3 Å². The first kappa shape index (κ1) is 22.2. The summed E-state index contributed by atoms with van der Waals surface area (Å²) in [4.78, 5) is 17.7. The van der Waals surface area contributed by atoms with Gasteiger partial charge < -0.3 is 19.5 Å². The van der Waals surface area contributed by atoms with E-state index in [9.17, 15) is 4.79 Å². The van der Waals surface area contributed by atoms with Gasteiger partial charge in [0.15, 0.2) is 11.5 Å². The average molecular weight is 450 g/mol. The van der Waals surface area contributed by atoms with Crippen LogP contribution in [0.3, 0.4) is 0 Å². The first-order chi connectivity index (χ1) is 16.0. The Hall–Kier alpha value is -4.01. The first-order valence-corrected chi connectivity index (χ1v) is 10.7. The Balaban J connectivity index is 1.59. The highest BCUT2D eigenvalue weighted by molar-refractivity contribution is 6.10. The van der Waals surface area contributed by atoms with Gasteiger partial charge in [-0.25, -0.2) is 4.99 Å². The Morgan fingerprint density at radius 2 is 2.00 bits per heavy atom. The van der Waals surface area contributed by atoms with E-state index in [0.717, 1.165) is 29.2 Å². The lowest BCUT2D eigenvalue weighted by molar-refractivity contribution is 0.0976. The molecule has 33 heavy (non-hydrogen) atoms. The number of methoxy groups -OCH3 is 1. The quantitative estimate of drug-likeness (QED) is 0.440. The maximum atomic E-state index is 13.0. The van der Waals surface area contributed by atoms with Crippen LogP contribution in [-0.2, 0) is 13.1 Å². The van der Waals surface area contributed by atoms with Crippen molar-refractivity contribution < 1.29 is 19.0 Å². The van der Waals surface area contributed by atoms with E-state index in [2.05, 4.69) is 20.7 Å². The molecular weight excluding hydrogens is 422 g/mol. The minimum atomic E-state index is -0.319. The van der Waals surface area contributed by atoms with Crippen LogP contribution in [0.4, 0.5) is 5.69 Å². The lowest BCUT2D eigenvalue weighted by Crippen LogP contribution is -2.36. The first-order valence-electron chi connectivity index (χ1n) is 10.7. The molecule has 9 heteroatoms. The van der Waals surface area contributed by atoms with Crippen molar-refractivity contribution in [1.29, 1.82) is 0 Å². The van der Waals surface area contributed by atoms with Gasteiger partial charge in [0.25, 0.3) is 5.91 Å². The monoisotopic (exact) mass is 449 g/mol. The molecule has 0 saturated carbocycles. The van der Waals surface area contributed by atoms with E-state index in [4.69, 9.17) is 14.2 Å². The molecular formula is C24H27N5O4. The number of hydrogen-bond donors (Lipinski definition) is 2. The van der Waals surface area contributed by atoms with Crippen LogP contribution in [0.1, 0.15) is 34.2 Å². The number of carbonyl (C=O) groups excluding carboxylic acids is 1. The number of guanidine groups is 1. The van der Waals surface area contributed by atoms with Gasteiger partial charge >= 0.3 is 0 Å². The number of carbonyl (C=O) groups is 1. The maximum absolute atomic E-state index is 13.0. The number of benzene rings is 2. The molecule has 0 atom stereocenters. The molecule has 2 aromatic carbocycles. The van der Waals surface area contributed by atoms with Crippen molar-refractivity contribution in [3.05, 3.63) is 65.0 Å². The lowest BCUT2D eigenvalue weighted by Gasteiger charge is -2.13. The zero-order chi connectivity index (χ0) is 23.4. The van der Waals surface area contributed by atoms with Crippen LogP contribution in [0.25, 0.3) is 0 Å². The van der Waals surface area contributed by atoms with Crippen LogP contribution < -0.4 is 24.8 Å². The van der Waals surface area contributed by atoms with Crippen LogP contribution >= 0.6 is 0 Å². The van der Waals surface area contributed by atoms with Gasteiger partial charge in [0, 0.05) is 35.1 Å². The van der Waals surface area contributed by atoms with Crippen molar-refractivity contribution in [3.8, 4) is 17.2 Å². The third-order valence-corrected chi connectivity index (χ3v) is 5.43. The van der Waals surface area contributed by atoms with E-state index in [1.807, 2.05) is 49.7 Å². The molecule has 0 bridgehead atoms. The predicted octanol–water partition coefficient (Wildman–Crippen LogP) is 3.66. The summed E-state index contributed by atoms with van der Waals surface area (Å²) in [7, 11) is 1.60. The summed E-state index contributed by atoms with van der Waals surface area (Å²) >= 11 is 0. The summed E-state index contributed by atoms with van der Waals surface area (Å²) in [5.41, 5.74) is 4.17. The Kier molecular flexibility index (Phi) is 6.48. The number of rotatable bonds is 6. The summed E-state index contributed by atoms with van der Waals surface area (Å²) in [6.07, 6.45) is 0. The van der Waals surface area contributed by atoms with E-state index < -0.39 is 0 Å². The number of aryl methyl sites for hydroxylation is 2. The third-order valence-electron chi connectivity index (χ3n) is 5.43. The molecule has 0 radical (unpaired) electrons. The van der Waals surface area contributed by atoms with Gasteiger partial charge in [0.2, 0.25) is 12.8 Å². The largest absolute Gasteiger partial charge is 0.497 e. The number of aliphatic imine (C=N–C) groups is 1. The average Bonchev–Trinajstić information content (AvgIpc) is 3.40. The Labute approximate surface area is 192 Å². The summed E-state index contributed by atoms with van der Waals surface area (Å²) in [6, 6.07) is 12.5. The van der Waals surface area contributed by atoms with E-state index >= 15 is 0 Å². The summed E-state index contributed by atoms with van der Waals surface area (Å²) in [5.74, 6) is 1.85. The van der Waals surface area contributed by atoms with Gasteiger partial charge in [0.1, 0.15) is 5.75 Å². The second-order valence-corrected chi connectivity index (χ2v) is 7.51. The molecule has 0 saturated heterocycles. The van der Waals surface area contributed by atoms with Crippen molar-refractivity contribution in [2.75, 3.05) is 19.2 Å². The molecule has 0 aliphatic carbocycles. The number of nitrogens with zero attached hydrogens (tertiary/aromatic N) is 3. The molecule has 0 unspecified atom stereocenters. The van der Waals surface area contributed by atoms with Crippen LogP contribution in [-0.4, -0.2) is 35.5 Å². The zero-order valence-electron chi connectivity index (χ0n) is 19.1. The molecule has 2 N–H and O–H groups in total. The number of hydrogen-bond acceptors (Lipinski definition) is 6. The summed E-state index contributed by atoms with van der Waals surface area (Å²) < 4.78 is 18.0. The molecule has 0 spiro atoms. The highest BCUT2D eigenvalue weighted by atomic mass is 16.7. The van der Waals surface area contributed by atoms with Crippen molar-refractivity contribution in [2.45, 2.75) is 33.9 Å². The number of fused-ring (bicyclic) bond motifs is 1. The molecule has 172 valence electrons. The zero-order valence-corrected chi connectivity index (χ0v) is 19.1. The molecule has 3 aromatic rings. The number of amides is 1. The van der Waals surface area contributed by atoms with E-state index in [-0.39, 0.29) is 12.7 Å². The van der Waals surface area contributed by atoms with Gasteiger partial charge in [-0.05, 0) is 51.1 Å². The number of ether oxygens (including phenoxy) is 3. The maximum Gasteiger partial charge on any atom is 0.258 e. The number of anilines is 1. The molecule has 1 amide bonds. The second-order valence-electron chi connectivity index (χ2n) is 7.51. The molecule has 9 nitrogen and oxygen atoms in total. The van der Waals surface area contributed by atoms with Crippen molar-refractivity contribution in [2.24, 2.45) is 4.99 Å². The molecule has 2 heterocycles. The number of nitrogens with one attached hydrogen (secondary N) is 2. The van der Waals surface area contributed by atoms with Gasteiger partial charge in [-0.2, -0.15) is 5.10 Å². The fourth-order valence-corrected chi connectivity index (χ4v) is 3.59. The van der Waals surface area contributed by atoms with Crippen molar-refractivity contribution >= 4 is 17.6 Å². The van der Waals surface area contributed by atoms with Gasteiger partial charge in [-0.15, -0.1) is 0 Å². The predicted molar refractivity (Wildman–Crippen MR) is 125 cm³/mol. The Morgan fingerprint density at radius 1 is 1.18 bits per heavy atom. The third kappa shape index (κ3) is 4.92. The van der Waals surface area contributed by atoms with Crippen LogP contribution in [0.15, 0.2) is 47.5 Å². The van der Waals surface area contributed by atoms with Gasteiger partial charge in [0.05, 0.1) is 19.3 Å². The summed E-state index contributed by atoms with van der Waals surface area (Å²) in [5, 5.41) is 10.6. The molecule has 1 aliphatic rings. The minimum absolute atomic E-state index is 0.147. The fourth-order valence-electron chi connectivity index (χ4n) is 3.59. The highest BCUT2D eigenvalue weighted by Crippen LogP contribution is 2.32. The Bertz CT molecular complexity index is 1200. The molecule has 1 aliphatic heterocycles. The highest BCUT2D eigenvalue weighted by Gasteiger charge is 2.18. The molecule has 4 rings (SSSR count). The second kappa shape index (κ2) is 9.64. The molecule has 1 aromatic heterocycles. The topological polar surface area (TPSA) is 99.0 Å². The normalized spacial score (nSPS) is 12.5. The van der Waals surface area contributed by atoms with Crippen LogP contribution in [0.5, 0.6) is 17.2 Å². The Morgan fingerprint density at radius 3 is 2.76 bits per heavy atom. The van der Waals surface area contributed by atoms with Crippen molar-refractivity contribution in [3.63, 3.8) is 0 Å². The fraction of sp³-hybridized carbons (Fsp3) is 0.292. The van der Waals surface area contributed by atoms with Crippen molar-refractivity contribution in [1.82, 2.24) is 15.1 Å². The number of aromatic nitrogens is 2. The smallest absolute Gasteiger partial charge is 0.258 e.